The summed E-state index contributed by atoms with van der Waals surface area (Å²) in [4.78, 5) is 15.4. The van der Waals surface area contributed by atoms with E-state index in [1.54, 1.807) is 16.8 Å². The molecule has 1 aromatic heterocycles. The number of hydrogen-bond donors (Lipinski definition) is 0. The molecule has 7 nitrogen and oxygen atoms in total. The highest BCUT2D eigenvalue weighted by molar-refractivity contribution is 6.30. The van der Waals surface area contributed by atoms with E-state index >= 15 is 0 Å². The van der Waals surface area contributed by atoms with Gasteiger partial charge in [-0.1, -0.05) is 41.9 Å². The summed E-state index contributed by atoms with van der Waals surface area (Å²) in [5, 5.41) is 16.6. The van der Waals surface area contributed by atoms with Crippen LogP contribution in [0.2, 0.25) is 5.15 Å². The van der Waals surface area contributed by atoms with Gasteiger partial charge in [0, 0.05) is 44.4 Å². The number of nitro benzene ring substituents is 1. The van der Waals surface area contributed by atoms with Gasteiger partial charge in [0.05, 0.1) is 16.3 Å². The molecule has 0 N–H and O–H groups in total. The van der Waals surface area contributed by atoms with Crippen molar-refractivity contribution in [2.75, 3.05) is 31.1 Å². The molecular weight excluding hydrogens is 390 g/mol. The minimum atomic E-state index is -0.317. The van der Waals surface area contributed by atoms with Crippen LogP contribution in [0, 0.1) is 17.0 Å². The van der Waals surface area contributed by atoms with Crippen LogP contribution in [0.5, 0.6) is 0 Å². The monoisotopic (exact) mass is 411 g/mol. The molecule has 0 radical (unpaired) electrons. The third-order valence-electron chi connectivity index (χ3n) is 5.30. The smallest absolute Gasteiger partial charge is 0.292 e. The first kappa shape index (κ1) is 19.4. The van der Waals surface area contributed by atoms with Crippen molar-refractivity contribution < 1.29 is 4.92 Å². The summed E-state index contributed by atoms with van der Waals surface area (Å²) in [5.41, 5.74) is 3.72. The molecule has 0 spiro atoms. The number of nitro groups is 1. The zero-order chi connectivity index (χ0) is 20.4. The Morgan fingerprint density at radius 1 is 1.03 bits per heavy atom. The Labute approximate surface area is 174 Å². The molecule has 0 bridgehead atoms. The largest absolute Gasteiger partial charge is 0.363 e. The molecule has 4 rings (SSSR count). The van der Waals surface area contributed by atoms with Crippen molar-refractivity contribution in [1.82, 2.24) is 14.7 Å². The minimum Gasteiger partial charge on any atom is -0.363 e. The van der Waals surface area contributed by atoms with Crippen LogP contribution >= 0.6 is 11.6 Å². The van der Waals surface area contributed by atoms with Crippen LogP contribution in [0.3, 0.4) is 0 Å². The molecule has 2 heterocycles. The van der Waals surface area contributed by atoms with E-state index in [2.05, 4.69) is 14.9 Å². The third-order valence-corrected chi connectivity index (χ3v) is 5.68. The number of aromatic nitrogens is 2. The van der Waals surface area contributed by atoms with Gasteiger partial charge in [0.25, 0.3) is 5.69 Å². The molecule has 0 atom stereocenters. The van der Waals surface area contributed by atoms with Gasteiger partial charge in [-0.3, -0.25) is 15.0 Å². The normalized spacial score (nSPS) is 14.9. The highest BCUT2D eigenvalue weighted by atomic mass is 35.5. The first-order chi connectivity index (χ1) is 14.0. The number of hydrogen-bond acceptors (Lipinski definition) is 5. The van der Waals surface area contributed by atoms with Gasteiger partial charge in [-0.25, -0.2) is 4.68 Å². The van der Waals surface area contributed by atoms with Crippen molar-refractivity contribution in [1.29, 1.82) is 0 Å². The van der Waals surface area contributed by atoms with Gasteiger partial charge in [-0.05, 0) is 25.1 Å². The molecule has 0 aliphatic carbocycles. The highest BCUT2D eigenvalue weighted by Crippen LogP contribution is 2.29. The maximum absolute atomic E-state index is 11.3. The second-order valence-electron chi connectivity index (χ2n) is 7.11. The molecule has 1 aliphatic heterocycles. The average molecular weight is 412 g/mol. The number of nitrogens with zero attached hydrogens (tertiary/aromatic N) is 5. The maximum Gasteiger partial charge on any atom is 0.292 e. The van der Waals surface area contributed by atoms with E-state index in [1.165, 1.54) is 0 Å². The van der Waals surface area contributed by atoms with Crippen molar-refractivity contribution in [2.24, 2.45) is 0 Å². The van der Waals surface area contributed by atoms with E-state index in [0.717, 1.165) is 43.1 Å². The van der Waals surface area contributed by atoms with Crippen molar-refractivity contribution in [3.63, 3.8) is 0 Å². The summed E-state index contributed by atoms with van der Waals surface area (Å²) in [7, 11) is 0. The Hall–Kier alpha value is -2.90. The predicted octanol–water partition coefficient (Wildman–Crippen LogP) is 4.06. The molecule has 0 amide bonds. The van der Waals surface area contributed by atoms with Gasteiger partial charge in [0.1, 0.15) is 10.8 Å². The number of benzene rings is 2. The van der Waals surface area contributed by atoms with Crippen molar-refractivity contribution in [3.05, 3.63) is 81.1 Å². The number of aryl methyl sites for hydroxylation is 1. The number of anilines is 1. The topological polar surface area (TPSA) is 67.4 Å². The fourth-order valence-electron chi connectivity index (χ4n) is 3.71. The summed E-state index contributed by atoms with van der Waals surface area (Å²) >= 11 is 6.65. The molecule has 8 heteroatoms. The standard InChI is InChI=1S/C21H22ClN5O2/c1-16-18(21(22)26(23-16)17-7-3-2-4-8-17)15-24-11-13-25(14-12-24)19-9-5-6-10-20(19)27(28)29/h2-10H,11-15H2,1H3. The van der Waals surface area contributed by atoms with Crippen LogP contribution in [-0.2, 0) is 6.54 Å². The third kappa shape index (κ3) is 3.97. The van der Waals surface area contributed by atoms with E-state index in [4.69, 9.17) is 11.6 Å². The van der Waals surface area contributed by atoms with Gasteiger partial charge in [0.15, 0.2) is 0 Å². The summed E-state index contributed by atoms with van der Waals surface area (Å²) in [5.74, 6) is 0. The van der Waals surface area contributed by atoms with Gasteiger partial charge in [0.2, 0.25) is 0 Å². The lowest BCUT2D eigenvalue weighted by Gasteiger charge is -2.35. The Bertz CT molecular complexity index is 1010. The SMILES string of the molecule is Cc1nn(-c2ccccc2)c(Cl)c1CN1CCN(c2ccccc2[N+](=O)[O-])CC1. The van der Waals surface area contributed by atoms with Gasteiger partial charge >= 0.3 is 0 Å². The van der Waals surface area contributed by atoms with Gasteiger partial charge < -0.3 is 4.90 Å². The van der Waals surface area contributed by atoms with Crippen molar-refractivity contribution in [2.45, 2.75) is 13.5 Å². The van der Waals surface area contributed by atoms with E-state index in [9.17, 15) is 10.1 Å². The van der Waals surface area contributed by atoms with Crippen LogP contribution in [0.4, 0.5) is 11.4 Å². The van der Waals surface area contributed by atoms with Crippen LogP contribution in [0.1, 0.15) is 11.3 Å². The highest BCUT2D eigenvalue weighted by Gasteiger charge is 2.25. The Morgan fingerprint density at radius 2 is 1.69 bits per heavy atom. The first-order valence-corrected chi connectivity index (χ1v) is 9.92. The minimum absolute atomic E-state index is 0.156. The Balaban J connectivity index is 1.46. The Morgan fingerprint density at radius 3 is 2.38 bits per heavy atom. The van der Waals surface area contributed by atoms with E-state index in [0.29, 0.717) is 17.4 Å². The molecule has 29 heavy (non-hydrogen) atoms. The Kier molecular flexibility index (Phi) is 5.51. The van der Waals surface area contributed by atoms with Gasteiger partial charge in [-0.15, -0.1) is 0 Å². The molecule has 2 aromatic carbocycles. The summed E-state index contributed by atoms with van der Waals surface area (Å²) in [6, 6.07) is 16.8. The van der Waals surface area contributed by atoms with E-state index in [1.807, 2.05) is 49.4 Å². The molecule has 1 fully saturated rings. The first-order valence-electron chi connectivity index (χ1n) is 9.54. The number of rotatable bonds is 5. The lowest BCUT2D eigenvalue weighted by atomic mass is 10.2. The molecule has 0 unspecified atom stereocenters. The fraction of sp³-hybridized carbons (Fsp3) is 0.286. The molecule has 1 saturated heterocycles. The molecule has 3 aromatic rings. The summed E-state index contributed by atoms with van der Waals surface area (Å²) in [6.45, 7) is 5.76. The molecule has 1 aliphatic rings. The molecule has 0 saturated carbocycles. The van der Waals surface area contributed by atoms with Crippen LogP contribution < -0.4 is 4.90 Å². The van der Waals surface area contributed by atoms with Gasteiger partial charge in [-0.2, -0.15) is 5.10 Å². The number of halogens is 1. The molecular formula is C21H22ClN5O2. The zero-order valence-electron chi connectivity index (χ0n) is 16.2. The second kappa shape index (κ2) is 8.23. The number of para-hydroxylation sites is 3. The van der Waals surface area contributed by atoms with Crippen LogP contribution in [0.25, 0.3) is 5.69 Å². The summed E-state index contributed by atoms with van der Waals surface area (Å²) in [6.07, 6.45) is 0. The lowest BCUT2D eigenvalue weighted by molar-refractivity contribution is -0.384. The maximum atomic E-state index is 11.3. The second-order valence-corrected chi connectivity index (χ2v) is 7.47. The number of piperazine rings is 1. The van der Waals surface area contributed by atoms with Crippen LogP contribution in [-0.4, -0.2) is 45.8 Å². The average Bonchev–Trinajstić information content (AvgIpc) is 3.03. The van der Waals surface area contributed by atoms with Crippen molar-refractivity contribution >= 4 is 23.0 Å². The van der Waals surface area contributed by atoms with E-state index < -0.39 is 0 Å². The summed E-state index contributed by atoms with van der Waals surface area (Å²) < 4.78 is 1.77. The predicted molar refractivity (Wildman–Crippen MR) is 114 cm³/mol. The zero-order valence-corrected chi connectivity index (χ0v) is 16.9. The van der Waals surface area contributed by atoms with Crippen molar-refractivity contribution in [3.8, 4) is 5.69 Å². The van der Waals surface area contributed by atoms with E-state index in [-0.39, 0.29) is 10.6 Å². The quantitative estimate of drug-likeness (QED) is 0.467. The van der Waals surface area contributed by atoms with Crippen LogP contribution in [0.15, 0.2) is 54.6 Å². The lowest BCUT2D eigenvalue weighted by Crippen LogP contribution is -2.46. The fourth-order valence-corrected chi connectivity index (χ4v) is 4.04. The molecule has 150 valence electrons.